The van der Waals surface area contributed by atoms with Gasteiger partial charge in [-0.3, -0.25) is 0 Å². The van der Waals surface area contributed by atoms with Crippen LogP contribution in [0.3, 0.4) is 0 Å². The molecule has 1 heterocycles. The van der Waals surface area contributed by atoms with Gasteiger partial charge in [0.15, 0.2) is 0 Å². The summed E-state index contributed by atoms with van der Waals surface area (Å²) in [7, 11) is 1.79. The number of rotatable bonds is 3. The average Bonchev–Trinajstić information content (AvgIpc) is 2.36. The summed E-state index contributed by atoms with van der Waals surface area (Å²) in [5, 5.41) is 4.24. The van der Waals surface area contributed by atoms with Gasteiger partial charge in [-0.05, 0) is 37.1 Å². The number of nitrogens with one attached hydrogen (secondary N) is 1. The lowest BCUT2D eigenvalue weighted by atomic mass is 10.1. The number of benzene rings is 1. The largest absolute Gasteiger partial charge is 0.357 e. The van der Waals surface area contributed by atoms with Crippen molar-refractivity contribution in [2.75, 3.05) is 12.4 Å². The lowest BCUT2D eigenvalue weighted by molar-refractivity contribution is 1.04. The van der Waals surface area contributed by atoms with Crippen molar-refractivity contribution in [1.82, 2.24) is 9.97 Å². The van der Waals surface area contributed by atoms with Gasteiger partial charge in [0.05, 0.1) is 11.2 Å². The van der Waals surface area contributed by atoms with Crippen molar-refractivity contribution in [2.45, 2.75) is 23.8 Å². The van der Waals surface area contributed by atoms with Crippen LogP contribution < -0.4 is 5.32 Å². The molecule has 0 bridgehead atoms. The Morgan fingerprint density at radius 3 is 2.67 bits per heavy atom. The molecule has 0 saturated carbocycles. The third-order valence-electron chi connectivity index (χ3n) is 2.63. The molecule has 0 aliphatic heterocycles. The number of anilines is 1. The van der Waals surface area contributed by atoms with Crippen LogP contribution >= 0.6 is 23.4 Å². The number of aryl methyl sites for hydroxylation is 2. The monoisotopic (exact) mass is 279 g/mol. The van der Waals surface area contributed by atoms with Gasteiger partial charge in [-0.15, -0.1) is 0 Å². The first-order valence-electron chi connectivity index (χ1n) is 5.55. The Bertz CT molecular complexity index is 572. The second-order valence-electron chi connectivity index (χ2n) is 3.94. The molecule has 0 unspecified atom stereocenters. The molecule has 0 amide bonds. The van der Waals surface area contributed by atoms with E-state index < -0.39 is 0 Å². The first-order valence-corrected chi connectivity index (χ1v) is 6.75. The summed E-state index contributed by atoms with van der Waals surface area (Å²) in [5.74, 6) is 0.575. The number of aromatic nitrogens is 2. The van der Waals surface area contributed by atoms with Crippen molar-refractivity contribution >= 4 is 29.3 Å². The maximum Gasteiger partial charge on any atom is 0.223 e. The standard InChI is InChI=1S/C13H14ClN3S/c1-8-4-5-10(6-9(8)2)18-12-11(14)7-16-13(15-3)17-12/h4-7H,1-3H3,(H,15,16,17). The normalized spacial score (nSPS) is 10.4. The number of hydrogen-bond acceptors (Lipinski definition) is 4. The molecule has 3 nitrogen and oxygen atoms in total. The predicted octanol–water partition coefficient (Wildman–Crippen LogP) is 3.94. The Hall–Kier alpha value is -1.26. The molecule has 94 valence electrons. The van der Waals surface area contributed by atoms with Crippen LogP contribution in [0.1, 0.15) is 11.1 Å². The summed E-state index contributed by atoms with van der Waals surface area (Å²) in [4.78, 5) is 9.54. The SMILES string of the molecule is CNc1ncc(Cl)c(Sc2ccc(C)c(C)c2)n1. The molecule has 1 aromatic heterocycles. The first-order chi connectivity index (χ1) is 8.60. The van der Waals surface area contributed by atoms with Crippen molar-refractivity contribution in [3.8, 4) is 0 Å². The highest BCUT2D eigenvalue weighted by Gasteiger charge is 2.07. The van der Waals surface area contributed by atoms with Crippen LogP contribution in [-0.2, 0) is 0 Å². The molecule has 0 atom stereocenters. The van der Waals surface area contributed by atoms with E-state index in [1.807, 2.05) is 0 Å². The first kappa shape index (κ1) is 13.2. The van der Waals surface area contributed by atoms with Crippen molar-refractivity contribution < 1.29 is 0 Å². The highest BCUT2D eigenvalue weighted by atomic mass is 35.5. The van der Waals surface area contributed by atoms with Gasteiger partial charge in [0.25, 0.3) is 0 Å². The van der Waals surface area contributed by atoms with E-state index in [9.17, 15) is 0 Å². The Morgan fingerprint density at radius 2 is 2.00 bits per heavy atom. The minimum Gasteiger partial charge on any atom is -0.357 e. The topological polar surface area (TPSA) is 37.8 Å². The summed E-state index contributed by atoms with van der Waals surface area (Å²) in [6.45, 7) is 4.19. The maximum absolute atomic E-state index is 6.10. The highest BCUT2D eigenvalue weighted by molar-refractivity contribution is 7.99. The van der Waals surface area contributed by atoms with E-state index in [2.05, 4.69) is 47.3 Å². The van der Waals surface area contributed by atoms with Gasteiger partial charge in [0, 0.05) is 11.9 Å². The molecule has 18 heavy (non-hydrogen) atoms. The Labute approximate surface area is 116 Å². The second kappa shape index (κ2) is 5.59. The highest BCUT2D eigenvalue weighted by Crippen LogP contribution is 2.32. The molecule has 5 heteroatoms. The van der Waals surface area contributed by atoms with Crippen molar-refractivity contribution in [2.24, 2.45) is 0 Å². The molecule has 2 aromatic rings. The summed E-state index contributed by atoms with van der Waals surface area (Å²) in [6, 6.07) is 6.31. The summed E-state index contributed by atoms with van der Waals surface area (Å²) in [5.41, 5.74) is 2.54. The molecule has 0 aliphatic rings. The predicted molar refractivity (Wildman–Crippen MR) is 76.6 cm³/mol. The van der Waals surface area contributed by atoms with Gasteiger partial charge in [0.1, 0.15) is 5.03 Å². The lowest BCUT2D eigenvalue weighted by Crippen LogP contribution is -1.97. The average molecular weight is 280 g/mol. The zero-order valence-electron chi connectivity index (χ0n) is 10.5. The van der Waals surface area contributed by atoms with Gasteiger partial charge >= 0.3 is 0 Å². The van der Waals surface area contributed by atoms with Crippen molar-refractivity contribution in [3.05, 3.63) is 40.5 Å². The zero-order valence-corrected chi connectivity index (χ0v) is 12.1. The van der Waals surface area contributed by atoms with E-state index in [0.29, 0.717) is 11.0 Å². The van der Waals surface area contributed by atoms with E-state index in [1.165, 1.54) is 11.1 Å². The number of halogens is 1. The van der Waals surface area contributed by atoms with Gasteiger partial charge in [-0.2, -0.15) is 0 Å². The third kappa shape index (κ3) is 2.94. The van der Waals surface area contributed by atoms with Crippen LogP contribution in [0.15, 0.2) is 34.3 Å². The van der Waals surface area contributed by atoms with E-state index in [-0.39, 0.29) is 0 Å². The molecule has 0 aliphatic carbocycles. The molecule has 1 N–H and O–H groups in total. The van der Waals surface area contributed by atoms with Crippen LogP contribution in [0.5, 0.6) is 0 Å². The van der Waals surface area contributed by atoms with E-state index in [1.54, 1.807) is 25.0 Å². The van der Waals surface area contributed by atoms with Gasteiger partial charge in [-0.25, -0.2) is 9.97 Å². The molecule has 1 aromatic carbocycles. The van der Waals surface area contributed by atoms with Gasteiger partial charge < -0.3 is 5.32 Å². The third-order valence-corrected chi connectivity index (χ3v) is 4.01. The van der Waals surface area contributed by atoms with Crippen LogP contribution in [0.2, 0.25) is 5.02 Å². The fourth-order valence-electron chi connectivity index (χ4n) is 1.43. The Morgan fingerprint density at radius 1 is 1.22 bits per heavy atom. The second-order valence-corrected chi connectivity index (χ2v) is 5.41. The molecular formula is C13H14ClN3S. The quantitative estimate of drug-likeness (QED) is 0.864. The maximum atomic E-state index is 6.10. The molecular weight excluding hydrogens is 266 g/mol. The minimum absolute atomic E-state index is 0.567. The van der Waals surface area contributed by atoms with E-state index in [4.69, 9.17) is 11.6 Å². The molecule has 0 fully saturated rings. The summed E-state index contributed by atoms with van der Waals surface area (Å²) < 4.78 is 0. The molecule has 0 radical (unpaired) electrons. The lowest BCUT2D eigenvalue weighted by Gasteiger charge is -2.07. The smallest absolute Gasteiger partial charge is 0.223 e. The number of nitrogens with zero attached hydrogens (tertiary/aromatic N) is 2. The fraction of sp³-hybridized carbons (Fsp3) is 0.231. The van der Waals surface area contributed by atoms with E-state index in [0.717, 1.165) is 9.92 Å². The molecule has 0 spiro atoms. The Kier molecular flexibility index (Phi) is 4.09. The minimum atomic E-state index is 0.567. The molecule has 0 saturated heterocycles. The number of hydrogen-bond donors (Lipinski definition) is 1. The molecule has 2 rings (SSSR count). The van der Waals surface area contributed by atoms with Gasteiger partial charge in [0.2, 0.25) is 5.95 Å². The van der Waals surface area contributed by atoms with Crippen LogP contribution in [0.25, 0.3) is 0 Å². The van der Waals surface area contributed by atoms with E-state index >= 15 is 0 Å². The van der Waals surface area contributed by atoms with Crippen molar-refractivity contribution in [3.63, 3.8) is 0 Å². The summed E-state index contributed by atoms with van der Waals surface area (Å²) in [6.07, 6.45) is 1.61. The van der Waals surface area contributed by atoms with Crippen molar-refractivity contribution in [1.29, 1.82) is 0 Å². The van der Waals surface area contributed by atoms with Crippen LogP contribution in [0, 0.1) is 13.8 Å². The van der Waals surface area contributed by atoms with Gasteiger partial charge in [-0.1, -0.05) is 29.4 Å². The Balaban J connectivity index is 2.30. The fourth-order valence-corrected chi connectivity index (χ4v) is 2.52. The van der Waals surface area contributed by atoms with Crippen LogP contribution in [0.4, 0.5) is 5.95 Å². The summed E-state index contributed by atoms with van der Waals surface area (Å²) >= 11 is 7.64. The zero-order chi connectivity index (χ0) is 13.1. The van der Waals surface area contributed by atoms with Crippen LogP contribution in [-0.4, -0.2) is 17.0 Å².